The Balaban J connectivity index is 3.13. The number of esters is 1. The van der Waals surface area contributed by atoms with Crippen LogP contribution in [0.3, 0.4) is 0 Å². The first kappa shape index (κ1) is 16.7. The first-order chi connectivity index (χ1) is 9.83. The second-order valence-electron chi connectivity index (χ2n) is 5.28. The smallest absolute Gasteiger partial charge is 0.317 e. The van der Waals surface area contributed by atoms with Crippen molar-refractivity contribution in [1.82, 2.24) is 0 Å². The summed E-state index contributed by atoms with van der Waals surface area (Å²) in [5, 5.41) is 10.00. The molecule has 0 aliphatic heterocycles. The Labute approximate surface area is 124 Å². The zero-order valence-corrected chi connectivity index (χ0v) is 12.5. The predicted octanol–water partition coefficient (Wildman–Crippen LogP) is 3.16. The molecule has 0 spiro atoms. The SMILES string of the molecule is C=CC(C)(C)C(C(=O)C=C(O)c1ccccc1)C(=O)OC. The Morgan fingerprint density at radius 1 is 1.29 bits per heavy atom. The number of hydrogen-bond donors (Lipinski definition) is 1. The van der Waals surface area contributed by atoms with E-state index in [0.717, 1.165) is 6.08 Å². The van der Waals surface area contributed by atoms with Crippen molar-refractivity contribution >= 4 is 17.5 Å². The van der Waals surface area contributed by atoms with Crippen molar-refractivity contribution < 1.29 is 19.4 Å². The van der Waals surface area contributed by atoms with Crippen molar-refractivity contribution in [2.75, 3.05) is 7.11 Å². The first-order valence-electron chi connectivity index (χ1n) is 6.55. The summed E-state index contributed by atoms with van der Waals surface area (Å²) >= 11 is 0. The Morgan fingerprint density at radius 3 is 2.33 bits per heavy atom. The van der Waals surface area contributed by atoms with E-state index < -0.39 is 23.1 Å². The van der Waals surface area contributed by atoms with Gasteiger partial charge in [-0.05, 0) is 0 Å². The zero-order valence-electron chi connectivity index (χ0n) is 12.5. The Hall–Kier alpha value is -2.36. The highest BCUT2D eigenvalue weighted by Gasteiger charge is 2.39. The highest BCUT2D eigenvalue weighted by molar-refractivity contribution is 6.08. The van der Waals surface area contributed by atoms with Gasteiger partial charge in [-0.3, -0.25) is 9.59 Å². The molecule has 0 aliphatic carbocycles. The molecule has 0 radical (unpaired) electrons. The minimum absolute atomic E-state index is 0.186. The standard InChI is InChI=1S/C17H20O4/c1-5-17(2,3)15(16(20)21-4)14(19)11-13(18)12-9-7-6-8-10-12/h5-11,15,18H,1H2,2-4H3. The minimum atomic E-state index is -1.05. The molecule has 0 saturated carbocycles. The molecule has 1 rings (SSSR count). The molecule has 0 heterocycles. The van der Waals surface area contributed by atoms with Gasteiger partial charge in [0.1, 0.15) is 11.7 Å². The van der Waals surface area contributed by atoms with Gasteiger partial charge in [0, 0.05) is 17.1 Å². The summed E-state index contributed by atoms with van der Waals surface area (Å²) in [5.74, 6) is -2.41. The van der Waals surface area contributed by atoms with Crippen molar-refractivity contribution in [2.45, 2.75) is 13.8 Å². The summed E-state index contributed by atoms with van der Waals surface area (Å²) in [4.78, 5) is 24.2. The van der Waals surface area contributed by atoms with Crippen molar-refractivity contribution in [3.05, 3.63) is 54.6 Å². The molecule has 1 aromatic carbocycles. The molecular weight excluding hydrogens is 268 g/mol. The largest absolute Gasteiger partial charge is 0.507 e. The van der Waals surface area contributed by atoms with Crippen LogP contribution in [0.1, 0.15) is 19.4 Å². The van der Waals surface area contributed by atoms with E-state index in [9.17, 15) is 14.7 Å². The van der Waals surface area contributed by atoms with Gasteiger partial charge in [0.15, 0.2) is 5.78 Å². The van der Waals surface area contributed by atoms with E-state index in [1.807, 2.05) is 0 Å². The third-order valence-corrected chi connectivity index (χ3v) is 3.34. The molecule has 4 heteroatoms. The van der Waals surface area contributed by atoms with Crippen LogP contribution in [0.5, 0.6) is 0 Å². The number of methoxy groups -OCH3 is 1. The third-order valence-electron chi connectivity index (χ3n) is 3.34. The van der Waals surface area contributed by atoms with E-state index in [4.69, 9.17) is 4.74 Å². The number of ether oxygens (including phenoxy) is 1. The Morgan fingerprint density at radius 2 is 1.86 bits per heavy atom. The van der Waals surface area contributed by atoms with Crippen LogP contribution in [-0.4, -0.2) is 24.0 Å². The number of hydrogen-bond acceptors (Lipinski definition) is 4. The fourth-order valence-corrected chi connectivity index (χ4v) is 1.93. The number of benzene rings is 1. The number of carbonyl (C=O) groups is 2. The summed E-state index contributed by atoms with van der Waals surface area (Å²) in [6.45, 7) is 7.08. The van der Waals surface area contributed by atoms with Gasteiger partial charge in [-0.15, -0.1) is 6.58 Å². The van der Waals surface area contributed by atoms with E-state index >= 15 is 0 Å². The molecule has 1 N–H and O–H groups in total. The van der Waals surface area contributed by atoms with Crippen LogP contribution >= 0.6 is 0 Å². The maximum Gasteiger partial charge on any atom is 0.317 e. The predicted molar refractivity (Wildman–Crippen MR) is 81.5 cm³/mol. The molecule has 1 atom stereocenters. The number of rotatable bonds is 6. The maximum absolute atomic E-state index is 12.3. The third kappa shape index (κ3) is 4.05. The van der Waals surface area contributed by atoms with Crippen LogP contribution < -0.4 is 0 Å². The second kappa shape index (κ2) is 6.88. The lowest BCUT2D eigenvalue weighted by atomic mass is 9.76. The highest BCUT2D eigenvalue weighted by Crippen LogP contribution is 2.30. The van der Waals surface area contributed by atoms with Gasteiger partial charge in [0.25, 0.3) is 0 Å². The normalized spacial score (nSPS) is 13.4. The van der Waals surface area contributed by atoms with Crippen molar-refractivity contribution in [1.29, 1.82) is 0 Å². The van der Waals surface area contributed by atoms with Gasteiger partial charge >= 0.3 is 5.97 Å². The molecule has 21 heavy (non-hydrogen) atoms. The van der Waals surface area contributed by atoms with Gasteiger partial charge < -0.3 is 9.84 Å². The molecular formula is C17H20O4. The zero-order chi connectivity index (χ0) is 16.0. The average Bonchev–Trinajstić information content (AvgIpc) is 2.47. The van der Waals surface area contributed by atoms with Gasteiger partial charge in [-0.2, -0.15) is 0 Å². The second-order valence-corrected chi connectivity index (χ2v) is 5.28. The molecule has 0 saturated heterocycles. The molecule has 0 aromatic heterocycles. The van der Waals surface area contributed by atoms with E-state index in [2.05, 4.69) is 6.58 Å². The summed E-state index contributed by atoms with van der Waals surface area (Å²) < 4.78 is 4.69. The number of aliphatic hydroxyl groups is 1. The lowest BCUT2D eigenvalue weighted by Gasteiger charge is -2.27. The molecule has 0 amide bonds. The Kier molecular flexibility index (Phi) is 5.47. The monoisotopic (exact) mass is 288 g/mol. The molecule has 0 fully saturated rings. The van der Waals surface area contributed by atoms with Crippen LogP contribution in [0.25, 0.3) is 5.76 Å². The van der Waals surface area contributed by atoms with E-state index in [1.165, 1.54) is 13.2 Å². The highest BCUT2D eigenvalue weighted by atomic mass is 16.5. The summed E-state index contributed by atoms with van der Waals surface area (Å²) in [5.41, 5.74) is -0.275. The molecule has 112 valence electrons. The number of aliphatic hydroxyl groups excluding tert-OH is 1. The molecule has 1 aromatic rings. The first-order valence-corrected chi connectivity index (χ1v) is 6.55. The lowest BCUT2D eigenvalue weighted by molar-refractivity contribution is -0.151. The maximum atomic E-state index is 12.3. The topological polar surface area (TPSA) is 63.6 Å². The van der Waals surface area contributed by atoms with E-state index in [1.54, 1.807) is 44.2 Å². The fraction of sp³-hybridized carbons (Fsp3) is 0.294. The summed E-state index contributed by atoms with van der Waals surface area (Å²) in [6.07, 6.45) is 2.59. The quantitative estimate of drug-likeness (QED) is 0.287. The van der Waals surface area contributed by atoms with Crippen LogP contribution in [0.15, 0.2) is 49.1 Å². The molecule has 0 aliphatic rings. The van der Waals surface area contributed by atoms with Crippen LogP contribution in [0.2, 0.25) is 0 Å². The van der Waals surface area contributed by atoms with Gasteiger partial charge in [0.2, 0.25) is 0 Å². The van der Waals surface area contributed by atoms with Gasteiger partial charge in [0.05, 0.1) is 7.11 Å². The molecule has 4 nitrogen and oxygen atoms in total. The molecule has 0 bridgehead atoms. The van der Waals surface area contributed by atoms with E-state index in [0.29, 0.717) is 5.56 Å². The number of ketones is 1. The van der Waals surface area contributed by atoms with Crippen molar-refractivity contribution in [3.63, 3.8) is 0 Å². The van der Waals surface area contributed by atoms with Crippen LogP contribution in [0, 0.1) is 11.3 Å². The summed E-state index contributed by atoms with van der Waals surface area (Å²) in [7, 11) is 1.22. The van der Waals surface area contributed by atoms with Gasteiger partial charge in [-0.1, -0.05) is 50.3 Å². The summed E-state index contributed by atoms with van der Waals surface area (Å²) in [6, 6.07) is 8.64. The van der Waals surface area contributed by atoms with Crippen molar-refractivity contribution in [2.24, 2.45) is 11.3 Å². The lowest BCUT2D eigenvalue weighted by Crippen LogP contribution is -2.36. The average molecular weight is 288 g/mol. The Bertz CT molecular complexity index is 555. The van der Waals surface area contributed by atoms with E-state index in [-0.39, 0.29) is 5.76 Å². The number of allylic oxidation sites excluding steroid dienone is 2. The van der Waals surface area contributed by atoms with Crippen LogP contribution in [-0.2, 0) is 14.3 Å². The van der Waals surface area contributed by atoms with Gasteiger partial charge in [-0.25, -0.2) is 0 Å². The van der Waals surface area contributed by atoms with Crippen LogP contribution in [0.4, 0.5) is 0 Å². The minimum Gasteiger partial charge on any atom is -0.507 e. The van der Waals surface area contributed by atoms with Crippen molar-refractivity contribution in [3.8, 4) is 0 Å². The fourth-order valence-electron chi connectivity index (χ4n) is 1.93. The molecule has 1 unspecified atom stereocenters. The number of carbonyl (C=O) groups excluding carboxylic acids is 2.